The van der Waals surface area contributed by atoms with Gasteiger partial charge in [-0.1, -0.05) is 60.7 Å². The zero-order chi connectivity index (χ0) is 18.1. The molecular formula is C21H25N3O. The maximum Gasteiger partial charge on any atom is 0.253 e. The zero-order valence-electron chi connectivity index (χ0n) is 14.6. The fraction of sp³-hybridized carbons (Fsp3) is 0.190. The van der Waals surface area contributed by atoms with Gasteiger partial charge in [-0.25, -0.2) is 0 Å². The molecule has 0 saturated carbocycles. The Hall–Kier alpha value is -2.85. The largest absolute Gasteiger partial charge is 0.398 e. The fourth-order valence-corrected chi connectivity index (χ4v) is 2.28. The molecule has 0 heterocycles. The van der Waals surface area contributed by atoms with Gasteiger partial charge in [0.05, 0.1) is 5.56 Å². The maximum atomic E-state index is 12.0. The highest BCUT2D eigenvalue weighted by molar-refractivity contribution is 5.99. The number of nitrogen functional groups attached to an aromatic ring is 1. The number of nitrogens with one attached hydrogen (secondary N) is 2. The van der Waals surface area contributed by atoms with Crippen LogP contribution in [0.25, 0.3) is 6.08 Å². The van der Waals surface area contributed by atoms with Gasteiger partial charge < -0.3 is 16.4 Å². The van der Waals surface area contributed by atoms with Crippen molar-refractivity contribution in [2.45, 2.75) is 13.5 Å². The summed E-state index contributed by atoms with van der Waals surface area (Å²) in [6, 6.07) is 15.4. The highest BCUT2D eigenvalue weighted by Crippen LogP contribution is 2.09. The molecule has 2 aromatic carbocycles. The Morgan fingerprint density at radius 3 is 2.52 bits per heavy atom. The van der Waals surface area contributed by atoms with Crippen molar-refractivity contribution in [3.63, 3.8) is 0 Å². The number of carbonyl (C=O) groups excluding carboxylic acids is 1. The van der Waals surface area contributed by atoms with Gasteiger partial charge in [0.2, 0.25) is 0 Å². The van der Waals surface area contributed by atoms with Gasteiger partial charge in [-0.05, 0) is 30.2 Å². The van der Waals surface area contributed by atoms with E-state index in [1.54, 1.807) is 18.2 Å². The summed E-state index contributed by atoms with van der Waals surface area (Å²) < 4.78 is 0. The summed E-state index contributed by atoms with van der Waals surface area (Å²) in [5, 5.41) is 6.18. The summed E-state index contributed by atoms with van der Waals surface area (Å²) >= 11 is 0. The van der Waals surface area contributed by atoms with Gasteiger partial charge in [0, 0.05) is 25.3 Å². The number of amides is 1. The van der Waals surface area contributed by atoms with Crippen LogP contribution in [-0.4, -0.2) is 19.0 Å². The third kappa shape index (κ3) is 6.28. The molecule has 2 aromatic rings. The number of benzene rings is 2. The maximum absolute atomic E-state index is 12.0. The van der Waals surface area contributed by atoms with Crippen molar-refractivity contribution in [2.24, 2.45) is 0 Å². The summed E-state index contributed by atoms with van der Waals surface area (Å²) in [4.78, 5) is 12.0. The SMILES string of the molecule is C=C(C)/C=C/c1ccc(CNCCNC(=O)c2ccccc2N)cc1. The summed E-state index contributed by atoms with van der Waals surface area (Å²) in [5.41, 5.74) is 10.2. The van der Waals surface area contributed by atoms with Crippen molar-refractivity contribution < 1.29 is 4.79 Å². The molecule has 0 radical (unpaired) electrons. The van der Waals surface area contributed by atoms with Gasteiger partial charge in [-0.15, -0.1) is 0 Å². The zero-order valence-corrected chi connectivity index (χ0v) is 14.6. The third-order valence-corrected chi connectivity index (χ3v) is 3.66. The number of hydrogen-bond acceptors (Lipinski definition) is 3. The Morgan fingerprint density at radius 2 is 1.84 bits per heavy atom. The van der Waals surface area contributed by atoms with E-state index < -0.39 is 0 Å². The molecule has 4 N–H and O–H groups in total. The molecule has 0 aromatic heterocycles. The van der Waals surface area contributed by atoms with E-state index in [1.165, 1.54) is 5.56 Å². The van der Waals surface area contributed by atoms with Gasteiger partial charge in [-0.2, -0.15) is 0 Å². The molecule has 1 amide bonds. The number of hydrogen-bond donors (Lipinski definition) is 3. The molecule has 0 spiro atoms. The van der Waals surface area contributed by atoms with E-state index in [4.69, 9.17) is 5.73 Å². The van der Waals surface area contributed by atoms with Gasteiger partial charge in [0.1, 0.15) is 0 Å². The number of para-hydroxylation sites is 1. The average molecular weight is 335 g/mol. The van der Waals surface area contributed by atoms with Crippen LogP contribution < -0.4 is 16.4 Å². The topological polar surface area (TPSA) is 67.1 Å². The summed E-state index contributed by atoms with van der Waals surface area (Å²) in [6.07, 6.45) is 4.04. The highest BCUT2D eigenvalue weighted by Gasteiger charge is 2.07. The number of allylic oxidation sites excluding steroid dienone is 2. The van der Waals surface area contributed by atoms with E-state index in [0.29, 0.717) is 24.3 Å². The lowest BCUT2D eigenvalue weighted by Crippen LogP contribution is -2.32. The van der Waals surface area contributed by atoms with E-state index in [0.717, 1.165) is 17.7 Å². The van der Waals surface area contributed by atoms with Gasteiger partial charge in [-0.3, -0.25) is 4.79 Å². The number of anilines is 1. The Labute approximate surface area is 149 Å². The minimum absolute atomic E-state index is 0.145. The second-order valence-corrected chi connectivity index (χ2v) is 5.94. The first-order valence-electron chi connectivity index (χ1n) is 8.32. The monoisotopic (exact) mass is 335 g/mol. The smallest absolute Gasteiger partial charge is 0.253 e. The van der Waals surface area contributed by atoms with Crippen molar-refractivity contribution in [1.29, 1.82) is 0 Å². The van der Waals surface area contributed by atoms with Crippen LogP contribution in [0.3, 0.4) is 0 Å². The number of nitrogens with two attached hydrogens (primary N) is 1. The summed E-state index contributed by atoms with van der Waals surface area (Å²) in [5.74, 6) is -0.145. The average Bonchev–Trinajstić information content (AvgIpc) is 2.61. The van der Waals surface area contributed by atoms with E-state index in [9.17, 15) is 4.79 Å². The Balaban J connectivity index is 1.70. The molecule has 0 aliphatic rings. The summed E-state index contributed by atoms with van der Waals surface area (Å²) in [6.45, 7) is 7.82. The quantitative estimate of drug-likeness (QED) is 0.394. The van der Waals surface area contributed by atoms with Gasteiger partial charge in [0.25, 0.3) is 5.91 Å². The molecule has 4 heteroatoms. The van der Waals surface area contributed by atoms with Crippen molar-refractivity contribution in [2.75, 3.05) is 18.8 Å². The predicted octanol–water partition coefficient (Wildman–Crippen LogP) is 3.38. The van der Waals surface area contributed by atoms with Crippen LogP contribution >= 0.6 is 0 Å². The highest BCUT2D eigenvalue weighted by atomic mass is 16.1. The Morgan fingerprint density at radius 1 is 1.12 bits per heavy atom. The second kappa shape index (κ2) is 9.45. The molecule has 0 aliphatic carbocycles. The molecule has 0 unspecified atom stereocenters. The van der Waals surface area contributed by atoms with E-state index in [2.05, 4.69) is 41.5 Å². The normalized spacial score (nSPS) is 10.8. The number of carbonyl (C=O) groups is 1. The van der Waals surface area contributed by atoms with Gasteiger partial charge in [0.15, 0.2) is 0 Å². The molecular weight excluding hydrogens is 310 g/mol. The molecule has 0 fully saturated rings. The van der Waals surface area contributed by atoms with E-state index in [-0.39, 0.29) is 5.91 Å². The Kier molecular flexibility index (Phi) is 6.99. The van der Waals surface area contributed by atoms with Crippen molar-refractivity contribution in [1.82, 2.24) is 10.6 Å². The molecule has 25 heavy (non-hydrogen) atoms. The molecule has 130 valence electrons. The van der Waals surface area contributed by atoms with E-state index >= 15 is 0 Å². The van der Waals surface area contributed by atoms with E-state index in [1.807, 2.05) is 25.1 Å². The molecule has 2 rings (SSSR count). The first-order chi connectivity index (χ1) is 12.1. The predicted molar refractivity (Wildman–Crippen MR) is 105 cm³/mol. The van der Waals surface area contributed by atoms with Crippen LogP contribution in [0, 0.1) is 0 Å². The lowest BCUT2D eigenvalue weighted by molar-refractivity contribution is 0.0955. The number of rotatable bonds is 8. The second-order valence-electron chi connectivity index (χ2n) is 5.94. The molecule has 0 saturated heterocycles. The van der Waals surface area contributed by atoms with Crippen molar-refractivity contribution in [3.05, 3.63) is 83.4 Å². The molecule has 0 bridgehead atoms. The first kappa shape index (κ1) is 18.5. The van der Waals surface area contributed by atoms with Crippen LogP contribution in [0.1, 0.15) is 28.4 Å². The van der Waals surface area contributed by atoms with Gasteiger partial charge >= 0.3 is 0 Å². The van der Waals surface area contributed by atoms with Crippen LogP contribution in [0.15, 0.2) is 66.8 Å². The fourth-order valence-electron chi connectivity index (χ4n) is 2.28. The lowest BCUT2D eigenvalue weighted by Gasteiger charge is -2.08. The first-order valence-corrected chi connectivity index (χ1v) is 8.32. The lowest BCUT2D eigenvalue weighted by atomic mass is 10.1. The minimum atomic E-state index is -0.145. The molecule has 4 nitrogen and oxygen atoms in total. The van der Waals surface area contributed by atoms with Crippen LogP contribution in [0.4, 0.5) is 5.69 Å². The van der Waals surface area contributed by atoms with Crippen LogP contribution in [0.5, 0.6) is 0 Å². The van der Waals surface area contributed by atoms with Crippen LogP contribution in [-0.2, 0) is 6.54 Å². The van der Waals surface area contributed by atoms with Crippen LogP contribution in [0.2, 0.25) is 0 Å². The van der Waals surface area contributed by atoms with Crippen molar-refractivity contribution >= 4 is 17.7 Å². The minimum Gasteiger partial charge on any atom is -0.398 e. The molecule has 0 aliphatic heterocycles. The summed E-state index contributed by atoms with van der Waals surface area (Å²) in [7, 11) is 0. The Bertz CT molecular complexity index is 748. The standard InChI is InChI=1S/C21H25N3O/c1-16(2)7-8-17-9-11-18(12-10-17)15-23-13-14-24-21(25)19-5-3-4-6-20(19)22/h3-12,23H,1,13-15,22H2,2H3,(H,24,25)/b8-7+. The van der Waals surface area contributed by atoms with Crippen molar-refractivity contribution in [3.8, 4) is 0 Å². The molecule has 0 atom stereocenters. The third-order valence-electron chi connectivity index (χ3n) is 3.66.